The predicted octanol–water partition coefficient (Wildman–Crippen LogP) is 3.43. The molecule has 0 amide bonds. The fourth-order valence-corrected chi connectivity index (χ4v) is 4.23. The van der Waals surface area contributed by atoms with Crippen LogP contribution in [0.5, 0.6) is 0 Å². The van der Waals surface area contributed by atoms with Gasteiger partial charge >= 0.3 is 6.18 Å². The third-order valence-corrected chi connectivity index (χ3v) is 5.65. The lowest BCUT2D eigenvalue weighted by Gasteiger charge is -2.27. The molecule has 1 unspecified atom stereocenters. The van der Waals surface area contributed by atoms with Gasteiger partial charge in [-0.25, -0.2) is 13.1 Å². The lowest BCUT2D eigenvalue weighted by molar-refractivity contribution is -0.137. The van der Waals surface area contributed by atoms with E-state index >= 15 is 0 Å². The molecule has 1 aliphatic rings. The second-order valence-electron chi connectivity index (χ2n) is 6.26. The van der Waals surface area contributed by atoms with E-state index in [9.17, 15) is 21.6 Å². The van der Waals surface area contributed by atoms with Gasteiger partial charge in [-0.1, -0.05) is 42.5 Å². The zero-order chi connectivity index (χ0) is 18.8. The molecule has 1 atom stereocenters. The fourth-order valence-electron chi connectivity index (χ4n) is 3.09. The van der Waals surface area contributed by atoms with E-state index in [1.54, 1.807) is 0 Å². The molecule has 2 N–H and O–H groups in total. The van der Waals surface area contributed by atoms with Crippen molar-refractivity contribution in [1.29, 1.82) is 0 Å². The van der Waals surface area contributed by atoms with E-state index in [2.05, 4.69) is 10.0 Å². The summed E-state index contributed by atoms with van der Waals surface area (Å²) in [5, 5.41) is 3.27. The first-order valence-electron chi connectivity index (χ1n) is 8.19. The normalized spacial score (nSPS) is 17.1. The number of fused-ring (bicyclic) bond motifs is 1. The van der Waals surface area contributed by atoms with Gasteiger partial charge in [0.05, 0.1) is 11.3 Å². The maximum atomic E-state index is 12.8. The molecule has 0 saturated carbocycles. The molecule has 4 nitrogen and oxygen atoms in total. The number of halogens is 4. The molecule has 148 valence electrons. The molecule has 1 aliphatic heterocycles. The highest BCUT2D eigenvalue weighted by Crippen LogP contribution is 2.30. The van der Waals surface area contributed by atoms with E-state index in [1.165, 1.54) is 17.7 Å². The molecule has 9 heteroatoms. The third kappa shape index (κ3) is 5.68. The van der Waals surface area contributed by atoms with Gasteiger partial charge in [0.15, 0.2) is 0 Å². The Hall–Kier alpha value is -1.61. The lowest BCUT2D eigenvalue weighted by Crippen LogP contribution is -2.39. The minimum Gasteiger partial charge on any atom is -0.308 e. The first-order chi connectivity index (χ1) is 12.2. The quantitative estimate of drug-likeness (QED) is 0.779. The summed E-state index contributed by atoms with van der Waals surface area (Å²) >= 11 is 0. The number of hydrogen-bond acceptors (Lipinski definition) is 3. The van der Waals surface area contributed by atoms with E-state index in [-0.39, 0.29) is 30.6 Å². The Kier molecular flexibility index (Phi) is 6.91. The number of nitrogens with one attached hydrogen (secondary N) is 2. The van der Waals surface area contributed by atoms with Gasteiger partial charge < -0.3 is 5.32 Å². The van der Waals surface area contributed by atoms with Gasteiger partial charge in [0.1, 0.15) is 0 Å². The smallest absolute Gasteiger partial charge is 0.308 e. The molecule has 0 radical (unpaired) electrons. The molecule has 0 spiro atoms. The highest BCUT2D eigenvalue weighted by atomic mass is 35.5. The minimum absolute atomic E-state index is 0. The van der Waals surface area contributed by atoms with E-state index in [0.29, 0.717) is 0 Å². The monoisotopic (exact) mass is 420 g/mol. The largest absolute Gasteiger partial charge is 0.416 e. The highest BCUT2D eigenvalue weighted by molar-refractivity contribution is 7.88. The number of sulfonamides is 1. The summed E-state index contributed by atoms with van der Waals surface area (Å²) in [5.74, 6) is -0.495. The van der Waals surface area contributed by atoms with Crippen LogP contribution < -0.4 is 10.0 Å². The molecule has 27 heavy (non-hydrogen) atoms. The van der Waals surface area contributed by atoms with Crippen LogP contribution in [0.2, 0.25) is 0 Å². The Morgan fingerprint density at radius 3 is 2.59 bits per heavy atom. The SMILES string of the molecule is Cl.O=S(=O)(Cc1cccc(C(F)(F)F)c1)NCC1NCCc2ccccc21. The van der Waals surface area contributed by atoms with Crippen LogP contribution in [0.25, 0.3) is 0 Å². The number of benzene rings is 2. The molecule has 0 aromatic heterocycles. The van der Waals surface area contributed by atoms with E-state index in [1.807, 2.05) is 24.3 Å². The summed E-state index contributed by atoms with van der Waals surface area (Å²) in [4.78, 5) is 0. The summed E-state index contributed by atoms with van der Waals surface area (Å²) in [7, 11) is -3.76. The van der Waals surface area contributed by atoms with Crippen LogP contribution in [0.3, 0.4) is 0 Å². The van der Waals surface area contributed by atoms with Crippen LogP contribution in [0, 0.1) is 0 Å². The molecule has 1 heterocycles. The van der Waals surface area contributed by atoms with Crippen molar-refractivity contribution in [2.45, 2.75) is 24.4 Å². The van der Waals surface area contributed by atoms with Gasteiger partial charge in [0, 0.05) is 12.6 Å². The Balaban J connectivity index is 0.00000261. The van der Waals surface area contributed by atoms with E-state index in [4.69, 9.17) is 0 Å². The summed E-state index contributed by atoms with van der Waals surface area (Å²) in [6.45, 7) is 0.898. The van der Waals surface area contributed by atoms with Gasteiger partial charge in [-0.15, -0.1) is 12.4 Å². The maximum absolute atomic E-state index is 12.8. The van der Waals surface area contributed by atoms with Crippen LogP contribution in [0.4, 0.5) is 13.2 Å². The van der Waals surface area contributed by atoms with Crippen molar-refractivity contribution in [3.8, 4) is 0 Å². The summed E-state index contributed by atoms with van der Waals surface area (Å²) in [6.07, 6.45) is -3.62. The van der Waals surface area contributed by atoms with Gasteiger partial charge in [0.2, 0.25) is 10.0 Å². The second kappa shape index (κ2) is 8.60. The molecular weight excluding hydrogens is 401 g/mol. The number of hydrogen-bond donors (Lipinski definition) is 2. The van der Waals surface area contributed by atoms with Gasteiger partial charge in [-0.05, 0) is 35.7 Å². The third-order valence-electron chi connectivity index (χ3n) is 4.33. The Morgan fingerprint density at radius 2 is 1.85 bits per heavy atom. The average molecular weight is 421 g/mol. The first kappa shape index (κ1) is 21.7. The topological polar surface area (TPSA) is 58.2 Å². The van der Waals surface area contributed by atoms with Crippen molar-refractivity contribution in [2.75, 3.05) is 13.1 Å². The van der Waals surface area contributed by atoms with Crippen molar-refractivity contribution in [1.82, 2.24) is 10.0 Å². The summed E-state index contributed by atoms with van der Waals surface area (Å²) in [5.41, 5.74) is 1.46. The zero-order valence-corrected chi connectivity index (χ0v) is 15.9. The lowest BCUT2D eigenvalue weighted by atomic mass is 9.95. The van der Waals surface area contributed by atoms with Crippen molar-refractivity contribution in [3.63, 3.8) is 0 Å². The van der Waals surface area contributed by atoms with E-state index < -0.39 is 27.5 Å². The van der Waals surface area contributed by atoms with Crippen LogP contribution in [-0.2, 0) is 28.4 Å². The Morgan fingerprint density at radius 1 is 1.11 bits per heavy atom. The van der Waals surface area contributed by atoms with Gasteiger partial charge in [-0.3, -0.25) is 0 Å². The predicted molar refractivity (Wildman–Crippen MR) is 100 cm³/mol. The Labute approximate surface area is 162 Å². The van der Waals surface area contributed by atoms with Crippen LogP contribution in [0.1, 0.15) is 28.3 Å². The van der Waals surface area contributed by atoms with Crippen LogP contribution >= 0.6 is 12.4 Å². The molecular formula is C18H20ClF3N2O2S. The van der Waals surface area contributed by atoms with Crippen LogP contribution in [-0.4, -0.2) is 21.5 Å². The minimum atomic E-state index is -4.50. The number of alkyl halides is 3. The molecule has 0 aliphatic carbocycles. The highest BCUT2D eigenvalue weighted by Gasteiger charge is 2.30. The summed E-state index contributed by atoms with van der Waals surface area (Å²) < 4.78 is 65.4. The maximum Gasteiger partial charge on any atom is 0.416 e. The Bertz CT molecular complexity index is 888. The van der Waals surface area contributed by atoms with Gasteiger partial charge in [0.25, 0.3) is 0 Å². The zero-order valence-electron chi connectivity index (χ0n) is 14.3. The van der Waals surface area contributed by atoms with Crippen molar-refractivity contribution < 1.29 is 21.6 Å². The van der Waals surface area contributed by atoms with Gasteiger partial charge in [-0.2, -0.15) is 13.2 Å². The molecule has 2 aromatic carbocycles. The molecule has 0 fully saturated rings. The molecule has 0 saturated heterocycles. The standard InChI is InChI=1S/C18H19F3N2O2S.ClH/c19-18(20,21)15-6-3-4-13(10-15)12-26(24,25)23-11-17-16-7-2-1-5-14(16)8-9-22-17;/h1-7,10,17,22-23H,8-9,11-12H2;1H. The van der Waals surface area contributed by atoms with Crippen molar-refractivity contribution in [3.05, 3.63) is 70.8 Å². The number of rotatable bonds is 5. The van der Waals surface area contributed by atoms with Crippen molar-refractivity contribution in [2.24, 2.45) is 0 Å². The molecule has 0 bridgehead atoms. The molecule has 2 aromatic rings. The fraction of sp³-hybridized carbons (Fsp3) is 0.333. The van der Waals surface area contributed by atoms with E-state index in [0.717, 1.165) is 30.7 Å². The molecule has 3 rings (SSSR count). The second-order valence-corrected chi connectivity index (χ2v) is 8.07. The van der Waals surface area contributed by atoms with Crippen LogP contribution in [0.15, 0.2) is 48.5 Å². The van der Waals surface area contributed by atoms with Crippen molar-refractivity contribution >= 4 is 22.4 Å². The summed E-state index contributed by atoms with van der Waals surface area (Å²) in [6, 6.07) is 12.0. The average Bonchev–Trinajstić information content (AvgIpc) is 2.59. The first-order valence-corrected chi connectivity index (χ1v) is 9.84.